The molecule has 102 valence electrons. The zero-order chi connectivity index (χ0) is 12.8. The molecule has 5 heteroatoms. The van der Waals surface area contributed by atoms with Gasteiger partial charge in [-0.25, -0.2) is 0 Å². The van der Waals surface area contributed by atoms with Crippen molar-refractivity contribution in [3.05, 3.63) is 18.5 Å². The highest BCUT2D eigenvalue weighted by atomic mass is 15.3. The van der Waals surface area contributed by atoms with Crippen LogP contribution in [0.1, 0.15) is 6.92 Å². The van der Waals surface area contributed by atoms with Crippen LogP contribution in [0.4, 0.5) is 0 Å². The third kappa shape index (κ3) is 4.08. The van der Waals surface area contributed by atoms with Crippen molar-refractivity contribution in [1.82, 2.24) is 19.6 Å². The quantitative estimate of drug-likeness (QED) is 0.779. The molecule has 1 aromatic heterocycles. The SMILES string of the molecule is CC(CN)CN1CCN(CCn2cccn2)CC1. The monoisotopic (exact) mass is 251 g/mol. The number of nitrogens with two attached hydrogens (primary N) is 1. The lowest BCUT2D eigenvalue weighted by Gasteiger charge is -2.35. The van der Waals surface area contributed by atoms with Crippen molar-refractivity contribution in [3.8, 4) is 0 Å². The summed E-state index contributed by atoms with van der Waals surface area (Å²) < 4.78 is 2.00. The lowest BCUT2D eigenvalue weighted by Crippen LogP contribution is -2.48. The highest BCUT2D eigenvalue weighted by Gasteiger charge is 2.17. The van der Waals surface area contributed by atoms with Crippen LogP contribution in [-0.2, 0) is 6.54 Å². The van der Waals surface area contributed by atoms with Crippen molar-refractivity contribution >= 4 is 0 Å². The highest BCUT2D eigenvalue weighted by molar-refractivity contribution is 4.79. The number of rotatable bonds is 6. The fraction of sp³-hybridized carbons (Fsp3) is 0.769. The lowest BCUT2D eigenvalue weighted by atomic mass is 10.1. The zero-order valence-electron chi connectivity index (χ0n) is 11.3. The minimum absolute atomic E-state index is 0.612. The van der Waals surface area contributed by atoms with E-state index in [9.17, 15) is 0 Å². The molecule has 2 N–H and O–H groups in total. The van der Waals surface area contributed by atoms with Crippen LogP contribution < -0.4 is 5.73 Å². The predicted octanol–water partition coefficient (Wildman–Crippen LogP) is 0.0955. The first kappa shape index (κ1) is 13.5. The summed E-state index contributed by atoms with van der Waals surface area (Å²) >= 11 is 0. The van der Waals surface area contributed by atoms with Crippen molar-refractivity contribution in [1.29, 1.82) is 0 Å². The number of hydrogen-bond donors (Lipinski definition) is 1. The maximum absolute atomic E-state index is 5.67. The number of hydrogen-bond acceptors (Lipinski definition) is 4. The van der Waals surface area contributed by atoms with E-state index < -0.39 is 0 Å². The van der Waals surface area contributed by atoms with Crippen molar-refractivity contribution in [2.75, 3.05) is 45.8 Å². The third-order valence-electron chi connectivity index (χ3n) is 3.64. The summed E-state index contributed by atoms with van der Waals surface area (Å²) in [5.41, 5.74) is 5.67. The van der Waals surface area contributed by atoms with Crippen LogP contribution in [-0.4, -0.2) is 65.4 Å². The molecule has 1 atom stereocenters. The Kier molecular flexibility index (Phi) is 5.16. The molecule has 5 nitrogen and oxygen atoms in total. The van der Waals surface area contributed by atoms with Gasteiger partial charge in [-0.3, -0.25) is 9.58 Å². The predicted molar refractivity (Wildman–Crippen MR) is 73.3 cm³/mol. The molecule has 1 unspecified atom stereocenters. The van der Waals surface area contributed by atoms with Gasteiger partial charge in [-0.2, -0.15) is 5.10 Å². The lowest BCUT2D eigenvalue weighted by molar-refractivity contribution is 0.117. The Morgan fingerprint density at radius 3 is 2.50 bits per heavy atom. The Balaban J connectivity index is 1.64. The highest BCUT2D eigenvalue weighted by Crippen LogP contribution is 2.05. The average molecular weight is 251 g/mol. The van der Waals surface area contributed by atoms with Crippen LogP contribution >= 0.6 is 0 Å². The fourth-order valence-corrected chi connectivity index (χ4v) is 2.39. The van der Waals surface area contributed by atoms with Crippen LogP contribution in [0.15, 0.2) is 18.5 Å². The Morgan fingerprint density at radius 2 is 1.89 bits per heavy atom. The topological polar surface area (TPSA) is 50.3 Å². The Labute approximate surface area is 110 Å². The summed E-state index contributed by atoms with van der Waals surface area (Å²) in [5.74, 6) is 0.612. The first-order valence-corrected chi connectivity index (χ1v) is 6.90. The van der Waals surface area contributed by atoms with E-state index in [4.69, 9.17) is 5.73 Å². The Bertz CT molecular complexity index is 316. The summed E-state index contributed by atoms with van der Waals surface area (Å²) in [6.07, 6.45) is 3.87. The summed E-state index contributed by atoms with van der Waals surface area (Å²) in [4.78, 5) is 5.05. The fourth-order valence-electron chi connectivity index (χ4n) is 2.39. The molecule has 2 heterocycles. The van der Waals surface area contributed by atoms with E-state index >= 15 is 0 Å². The largest absolute Gasteiger partial charge is 0.330 e. The molecule has 0 saturated carbocycles. The normalized spacial score (nSPS) is 20.1. The minimum Gasteiger partial charge on any atom is -0.330 e. The standard InChI is InChI=1S/C13H25N5/c1-13(11-14)12-17-7-5-16(6-8-17)9-10-18-4-2-3-15-18/h2-4,13H,5-12,14H2,1H3. The molecule has 18 heavy (non-hydrogen) atoms. The van der Waals surface area contributed by atoms with Gasteiger partial charge in [0.2, 0.25) is 0 Å². The molecule has 0 amide bonds. The molecule has 0 bridgehead atoms. The van der Waals surface area contributed by atoms with Gasteiger partial charge in [-0.15, -0.1) is 0 Å². The molecule has 1 aliphatic rings. The van der Waals surface area contributed by atoms with E-state index in [-0.39, 0.29) is 0 Å². The minimum atomic E-state index is 0.612. The molecule has 1 aliphatic heterocycles. The maximum Gasteiger partial charge on any atom is 0.0536 e. The zero-order valence-corrected chi connectivity index (χ0v) is 11.3. The van der Waals surface area contributed by atoms with E-state index in [0.717, 1.165) is 26.2 Å². The van der Waals surface area contributed by atoms with Gasteiger partial charge in [0.25, 0.3) is 0 Å². The number of piperazine rings is 1. The number of aromatic nitrogens is 2. The summed E-state index contributed by atoms with van der Waals surface area (Å²) in [6, 6.07) is 1.98. The van der Waals surface area contributed by atoms with Crippen molar-refractivity contribution in [3.63, 3.8) is 0 Å². The summed E-state index contributed by atoms with van der Waals surface area (Å²) in [5, 5.41) is 4.23. The van der Waals surface area contributed by atoms with Crippen molar-refractivity contribution in [2.45, 2.75) is 13.5 Å². The molecule has 0 radical (unpaired) electrons. The van der Waals surface area contributed by atoms with Gasteiger partial charge >= 0.3 is 0 Å². The molecule has 0 spiro atoms. The third-order valence-corrected chi connectivity index (χ3v) is 3.64. The molecule has 0 aliphatic carbocycles. The summed E-state index contributed by atoms with van der Waals surface area (Å²) in [6.45, 7) is 10.9. The van der Waals surface area contributed by atoms with Gasteiger partial charge in [0.05, 0.1) is 6.54 Å². The van der Waals surface area contributed by atoms with Crippen molar-refractivity contribution < 1.29 is 0 Å². The van der Waals surface area contributed by atoms with Crippen LogP contribution in [0.25, 0.3) is 0 Å². The molecule has 2 rings (SSSR count). The van der Waals surface area contributed by atoms with E-state index in [1.807, 2.05) is 23.1 Å². The maximum atomic E-state index is 5.67. The van der Waals surface area contributed by atoms with Crippen LogP contribution in [0.2, 0.25) is 0 Å². The molecule has 1 saturated heterocycles. The van der Waals surface area contributed by atoms with Crippen molar-refractivity contribution in [2.24, 2.45) is 11.7 Å². The molecule has 1 aromatic rings. The Morgan fingerprint density at radius 1 is 1.17 bits per heavy atom. The van der Waals surface area contributed by atoms with Gasteiger partial charge in [0, 0.05) is 51.7 Å². The summed E-state index contributed by atoms with van der Waals surface area (Å²) in [7, 11) is 0. The molecular formula is C13H25N5. The number of nitrogens with zero attached hydrogens (tertiary/aromatic N) is 4. The second-order valence-corrected chi connectivity index (χ2v) is 5.25. The van der Waals surface area contributed by atoms with Gasteiger partial charge in [-0.05, 0) is 18.5 Å². The molecule has 0 aromatic carbocycles. The van der Waals surface area contributed by atoms with Gasteiger partial charge in [-0.1, -0.05) is 6.92 Å². The van der Waals surface area contributed by atoms with Gasteiger partial charge in [0.15, 0.2) is 0 Å². The van der Waals surface area contributed by atoms with E-state index in [1.54, 1.807) is 0 Å². The van der Waals surface area contributed by atoms with Crippen LogP contribution in [0, 0.1) is 5.92 Å². The first-order valence-electron chi connectivity index (χ1n) is 6.90. The van der Waals surface area contributed by atoms with Crippen LogP contribution in [0.3, 0.4) is 0 Å². The average Bonchev–Trinajstić information content (AvgIpc) is 2.91. The molecule has 1 fully saturated rings. The van der Waals surface area contributed by atoms with Crippen LogP contribution in [0.5, 0.6) is 0 Å². The van der Waals surface area contributed by atoms with E-state index in [0.29, 0.717) is 5.92 Å². The second kappa shape index (κ2) is 6.87. The Hall–Kier alpha value is -0.910. The molecular weight excluding hydrogens is 226 g/mol. The van der Waals surface area contributed by atoms with Gasteiger partial charge < -0.3 is 10.6 Å². The second-order valence-electron chi connectivity index (χ2n) is 5.25. The van der Waals surface area contributed by atoms with Gasteiger partial charge in [0.1, 0.15) is 0 Å². The first-order chi connectivity index (χ1) is 8.78. The smallest absolute Gasteiger partial charge is 0.0536 e. The van der Waals surface area contributed by atoms with E-state index in [1.165, 1.54) is 26.2 Å². The van der Waals surface area contributed by atoms with E-state index in [2.05, 4.69) is 21.8 Å².